The minimum absolute atomic E-state index is 0.198. The number of carbonyl (C=O) groups is 1. The fraction of sp³-hybridized carbons (Fsp3) is 0.320. The number of halogens is 3. The van der Waals surface area contributed by atoms with Crippen LogP contribution in [0.5, 0.6) is 0 Å². The molecule has 0 saturated heterocycles. The second-order valence-electron chi connectivity index (χ2n) is 8.82. The quantitative estimate of drug-likeness (QED) is 0.314. The van der Waals surface area contributed by atoms with Crippen LogP contribution in [0, 0.1) is 23.4 Å². The number of aromatic nitrogens is 2. The van der Waals surface area contributed by atoms with E-state index in [0.717, 1.165) is 37.5 Å². The maximum absolute atomic E-state index is 13.7. The largest absolute Gasteiger partial charge is 0.330 e. The van der Waals surface area contributed by atoms with Gasteiger partial charge in [-0.05, 0) is 49.4 Å². The molecule has 1 aromatic heterocycles. The Balaban J connectivity index is 1.39. The fourth-order valence-electron chi connectivity index (χ4n) is 3.81. The third-order valence-corrected chi connectivity index (χ3v) is 5.85. The first kappa shape index (κ1) is 25.4. The first-order valence-electron chi connectivity index (χ1n) is 11.7. The van der Waals surface area contributed by atoms with Gasteiger partial charge in [0.05, 0.1) is 11.3 Å². The van der Waals surface area contributed by atoms with Gasteiger partial charge in [0.2, 0.25) is 5.95 Å². The molecule has 1 aliphatic rings. The Hall–Kier alpha value is -3.70. The minimum Gasteiger partial charge on any atom is -0.330 e. The van der Waals surface area contributed by atoms with Crippen LogP contribution in [0.3, 0.4) is 0 Å². The lowest BCUT2D eigenvalue weighted by atomic mass is 10.1. The topological polar surface area (TPSA) is 116 Å². The van der Waals surface area contributed by atoms with Crippen molar-refractivity contribution in [2.75, 3.05) is 30.3 Å². The molecule has 1 heterocycles. The van der Waals surface area contributed by atoms with Crippen LogP contribution in [0.1, 0.15) is 24.8 Å². The molecule has 190 valence electrons. The Morgan fingerprint density at radius 1 is 1.08 bits per heavy atom. The van der Waals surface area contributed by atoms with Crippen molar-refractivity contribution in [1.29, 1.82) is 0 Å². The van der Waals surface area contributed by atoms with Crippen molar-refractivity contribution in [2.24, 2.45) is 11.7 Å². The Morgan fingerprint density at radius 2 is 1.81 bits per heavy atom. The number of hydrogen-bond acceptors (Lipinski definition) is 5. The number of anilines is 2. The third-order valence-electron chi connectivity index (χ3n) is 5.85. The van der Waals surface area contributed by atoms with Crippen molar-refractivity contribution in [3.8, 4) is 11.1 Å². The number of amides is 2. The molecule has 0 unspecified atom stereocenters. The average molecular weight is 501 g/mol. The van der Waals surface area contributed by atoms with Crippen molar-refractivity contribution in [3.63, 3.8) is 0 Å². The Bertz CT molecular complexity index is 1280. The van der Waals surface area contributed by atoms with E-state index in [1.807, 2.05) is 29.6 Å². The zero-order valence-electron chi connectivity index (χ0n) is 19.5. The van der Waals surface area contributed by atoms with Crippen molar-refractivity contribution in [3.05, 3.63) is 76.0 Å². The average Bonchev–Trinajstić information content (AvgIpc) is 3.66. The molecule has 0 spiro atoms. The molecule has 11 heteroatoms. The second kappa shape index (κ2) is 11.4. The predicted octanol–water partition coefficient (Wildman–Crippen LogP) is 4.06. The summed E-state index contributed by atoms with van der Waals surface area (Å²) >= 11 is 0. The van der Waals surface area contributed by atoms with Crippen LogP contribution in [0.15, 0.2) is 47.4 Å². The highest BCUT2D eigenvalue weighted by atomic mass is 19.2. The standard InChI is InChI=1S/C25H27F3N6O2/c26-19-10-21(28)22(11-20(19)27)31-25(36)33-24-30-12-18(23(35)32-24)17-6-4-16(5-7-17)14-34(9-1-8-29)13-15-2-3-15/h4-7,10-12,15H,1-3,8-9,13-14,29H2,(H3,30,31,32,33,35,36). The lowest BCUT2D eigenvalue weighted by molar-refractivity contribution is 0.253. The number of hydrogen-bond donors (Lipinski definition) is 4. The van der Waals surface area contributed by atoms with Gasteiger partial charge in [-0.15, -0.1) is 0 Å². The van der Waals surface area contributed by atoms with Gasteiger partial charge < -0.3 is 11.1 Å². The summed E-state index contributed by atoms with van der Waals surface area (Å²) in [5, 5.41) is 4.26. The number of nitrogens with one attached hydrogen (secondary N) is 3. The van der Waals surface area contributed by atoms with Crippen LogP contribution < -0.4 is 21.9 Å². The van der Waals surface area contributed by atoms with E-state index in [1.54, 1.807) is 0 Å². The van der Waals surface area contributed by atoms with Gasteiger partial charge in [-0.2, -0.15) is 0 Å². The summed E-state index contributed by atoms with van der Waals surface area (Å²) in [5.74, 6) is -3.28. The van der Waals surface area contributed by atoms with E-state index < -0.39 is 34.7 Å². The number of rotatable bonds is 10. The predicted molar refractivity (Wildman–Crippen MR) is 131 cm³/mol. The van der Waals surface area contributed by atoms with Gasteiger partial charge in [-0.25, -0.2) is 22.9 Å². The molecule has 8 nitrogen and oxygen atoms in total. The minimum atomic E-state index is -1.38. The smallest absolute Gasteiger partial charge is 0.326 e. The lowest BCUT2D eigenvalue weighted by Gasteiger charge is -2.22. The number of carbonyl (C=O) groups excluding carboxylic acids is 1. The van der Waals surface area contributed by atoms with Crippen LogP contribution >= 0.6 is 0 Å². The molecule has 2 amide bonds. The van der Waals surface area contributed by atoms with Crippen molar-refractivity contribution >= 4 is 17.7 Å². The molecular formula is C25H27F3N6O2. The van der Waals surface area contributed by atoms with Crippen molar-refractivity contribution in [1.82, 2.24) is 14.9 Å². The summed E-state index contributed by atoms with van der Waals surface area (Å²) in [7, 11) is 0. The summed E-state index contributed by atoms with van der Waals surface area (Å²) in [6.07, 6.45) is 4.81. The molecule has 1 fully saturated rings. The van der Waals surface area contributed by atoms with Gasteiger partial charge >= 0.3 is 6.03 Å². The zero-order valence-corrected chi connectivity index (χ0v) is 19.5. The van der Waals surface area contributed by atoms with E-state index in [2.05, 4.69) is 20.2 Å². The molecule has 0 bridgehead atoms. The summed E-state index contributed by atoms with van der Waals surface area (Å²) in [6.45, 7) is 3.48. The molecule has 1 aliphatic carbocycles. The number of benzene rings is 2. The van der Waals surface area contributed by atoms with Crippen LogP contribution in [-0.2, 0) is 6.54 Å². The lowest BCUT2D eigenvalue weighted by Crippen LogP contribution is -2.28. The molecule has 0 aliphatic heterocycles. The van der Waals surface area contributed by atoms with E-state index in [9.17, 15) is 22.8 Å². The first-order chi connectivity index (χ1) is 17.3. The maximum Gasteiger partial charge on any atom is 0.326 e. The van der Waals surface area contributed by atoms with E-state index in [0.29, 0.717) is 29.8 Å². The number of nitrogens with two attached hydrogens (primary N) is 1. The zero-order chi connectivity index (χ0) is 25.7. The number of H-pyrrole nitrogens is 1. The van der Waals surface area contributed by atoms with Crippen molar-refractivity contribution < 1.29 is 18.0 Å². The SMILES string of the molecule is NCCCN(Cc1ccc(-c2cnc(NC(=O)Nc3cc(F)c(F)cc3F)[nH]c2=O)cc1)CC1CC1. The van der Waals surface area contributed by atoms with Crippen molar-refractivity contribution in [2.45, 2.75) is 25.8 Å². The summed E-state index contributed by atoms with van der Waals surface area (Å²) in [4.78, 5) is 33.5. The maximum atomic E-state index is 13.7. The molecular weight excluding hydrogens is 473 g/mol. The van der Waals surface area contributed by atoms with Crippen LogP contribution in [0.2, 0.25) is 0 Å². The molecule has 0 radical (unpaired) electrons. The molecule has 2 aromatic carbocycles. The monoisotopic (exact) mass is 500 g/mol. The first-order valence-corrected chi connectivity index (χ1v) is 11.7. The van der Waals surface area contributed by atoms with E-state index in [4.69, 9.17) is 5.73 Å². The summed E-state index contributed by atoms with van der Waals surface area (Å²) < 4.78 is 40.1. The van der Waals surface area contributed by atoms with Gasteiger partial charge in [0.1, 0.15) is 5.82 Å². The molecule has 36 heavy (non-hydrogen) atoms. The normalized spacial score (nSPS) is 13.1. The van der Waals surface area contributed by atoms with E-state index in [1.165, 1.54) is 19.0 Å². The van der Waals surface area contributed by atoms with E-state index >= 15 is 0 Å². The molecule has 5 N–H and O–H groups in total. The van der Waals surface area contributed by atoms with Gasteiger partial charge in [0, 0.05) is 31.4 Å². The van der Waals surface area contributed by atoms with Crippen LogP contribution in [-0.4, -0.2) is 40.5 Å². The number of urea groups is 1. The van der Waals surface area contributed by atoms with Gasteiger partial charge in [-0.3, -0.25) is 20.0 Å². The fourth-order valence-corrected chi connectivity index (χ4v) is 3.81. The molecule has 0 atom stereocenters. The van der Waals surface area contributed by atoms with Gasteiger partial charge in [0.25, 0.3) is 5.56 Å². The summed E-state index contributed by atoms with van der Waals surface area (Å²) in [6, 6.07) is 7.44. The van der Waals surface area contributed by atoms with Crippen LogP contribution in [0.4, 0.5) is 29.6 Å². The molecule has 1 saturated carbocycles. The number of nitrogens with zero attached hydrogens (tertiary/aromatic N) is 2. The number of aromatic amines is 1. The highest BCUT2D eigenvalue weighted by Gasteiger charge is 2.24. The van der Waals surface area contributed by atoms with Crippen LogP contribution in [0.25, 0.3) is 11.1 Å². The second-order valence-corrected chi connectivity index (χ2v) is 8.82. The Kier molecular flexibility index (Phi) is 8.01. The van der Waals surface area contributed by atoms with Gasteiger partial charge in [-0.1, -0.05) is 24.3 Å². The molecule has 3 aromatic rings. The highest BCUT2D eigenvalue weighted by Crippen LogP contribution is 2.30. The summed E-state index contributed by atoms with van der Waals surface area (Å²) in [5.41, 5.74) is 6.69. The van der Waals surface area contributed by atoms with Gasteiger partial charge in [0.15, 0.2) is 11.6 Å². The highest BCUT2D eigenvalue weighted by molar-refractivity contribution is 5.98. The Labute approximate surface area is 205 Å². The Morgan fingerprint density at radius 3 is 2.47 bits per heavy atom. The third kappa shape index (κ3) is 6.70. The van der Waals surface area contributed by atoms with E-state index in [-0.39, 0.29) is 5.95 Å². The molecule has 4 rings (SSSR count).